The van der Waals surface area contributed by atoms with Gasteiger partial charge in [-0.1, -0.05) is 140 Å². The van der Waals surface area contributed by atoms with Gasteiger partial charge in [-0.25, -0.2) is 0 Å². The van der Waals surface area contributed by atoms with Crippen molar-refractivity contribution in [3.63, 3.8) is 0 Å². The molecule has 0 aromatic heterocycles. The van der Waals surface area contributed by atoms with Gasteiger partial charge in [-0.2, -0.15) is 0 Å². The first-order valence-corrected chi connectivity index (χ1v) is 14.3. The van der Waals surface area contributed by atoms with Crippen molar-refractivity contribution in [2.45, 2.75) is 6.92 Å². The molecule has 0 aliphatic heterocycles. The van der Waals surface area contributed by atoms with Crippen LogP contribution in [0.3, 0.4) is 0 Å². The first-order chi connectivity index (χ1) is 20.7. The van der Waals surface area contributed by atoms with E-state index in [9.17, 15) is 0 Å². The average Bonchev–Trinajstić information content (AvgIpc) is 3.07. The molecule has 6 rings (SSSR count). The number of hydrogen-bond acceptors (Lipinski definition) is 1. The smallest absolute Gasteiger partial charge is 0.0540 e. The molecule has 0 aliphatic carbocycles. The Hall–Kier alpha value is -5.40. The highest BCUT2D eigenvalue weighted by atomic mass is 15.1. The summed E-state index contributed by atoms with van der Waals surface area (Å²) in [5, 5.41) is 0. The van der Waals surface area contributed by atoms with Crippen molar-refractivity contribution in [2.75, 3.05) is 4.90 Å². The average molecular weight is 540 g/mol. The second-order valence-electron chi connectivity index (χ2n) is 10.2. The lowest BCUT2D eigenvalue weighted by Crippen LogP contribution is -2.11. The lowest BCUT2D eigenvalue weighted by atomic mass is 9.95. The van der Waals surface area contributed by atoms with Crippen molar-refractivity contribution in [1.29, 1.82) is 0 Å². The van der Waals surface area contributed by atoms with Gasteiger partial charge >= 0.3 is 0 Å². The van der Waals surface area contributed by atoms with Gasteiger partial charge in [0.1, 0.15) is 0 Å². The summed E-state index contributed by atoms with van der Waals surface area (Å²) < 4.78 is 0. The highest BCUT2D eigenvalue weighted by molar-refractivity contribution is 5.91. The topological polar surface area (TPSA) is 3.24 Å². The van der Waals surface area contributed by atoms with Crippen LogP contribution in [0, 0.1) is 0 Å². The van der Waals surface area contributed by atoms with Crippen LogP contribution in [-0.2, 0) is 0 Å². The van der Waals surface area contributed by atoms with Crippen molar-refractivity contribution in [1.82, 2.24) is 0 Å². The summed E-state index contributed by atoms with van der Waals surface area (Å²) in [7, 11) is 0. The first-order valence-electron chi connectivity index (χ1n) is 14.3. The van der Waals surface area contributed by atoms with E-state index in [0.29, 0.717) is 0 Å². The van der Waals surface area contributed by atoms with Crippen LogP contribution in [-0.4, -0.2) is 0 Å². The number of nitrogens with zero attached hydrogens (tertiary/aromatic N) is 1. The maximum atomic E-state index is 4.05. The molecule has 0 atom stereocenters. The Kier molecular flexibility index (Phi) is 7.92. The second-order valence-corrected chi connectivity index (χ2v) is 10.2. The van der Waals surface area contributed by atoms with E-state index in [0.717, 1.165) is 28.2 Å². The standard InChI is InChI=1S/C41H33N/c1-3-31(4-2)36-21-14-22-39(29-36)42(38-26-23-34(24-27-38)32-15-8-5-9-16-32)41-28-25-37(33-17-10-6-11-18-33)30-40(41)35-19-12-7-13-20-35/h3-30H,1H2,2H3/b31-4+. The summed E-state index contributed by atoms with van der Waals surface area (Å²) in [6.45, 7) is 6.10. The fourth-order valence-corrected chi connectivity index (χ4v) is 5.48. The van der Waals surface area contributed by atoms with Gasteiger partial charge < -0.3 is 4.90 Å². The predicted octanol–water partition coefficient (Wildman–Crippen LogP) is 11.7. The fraction of sp³-hybridized carbons (Fsp3) is 0.0244. The van der Waals surface area contributed by atoms with Gasteiger partial charge in [0, 0.05) is 16.9 Å². The molecule has 0 N–H and O–H groups in total. The van der Waals surface area contributed by atoms with Crippen molar-refractivity contribution in [2.24, 2.45) is 0 Å². The molecule has 6 aromatic carbocycles. The molecular weight excluding hydrogens is 506 g/mol. The Balaban J connectivity index is 1.56. The van der Waals surface area contributed by atoms with Gasteiger partial charge in [-0.05, 0) is 82.3 Å². The van der Waals surface area contributed by atoms with Crippen LogP contribution in [0.5, 0.6) is 0 Å². The SMILES string of the molecule is C=C/C(=C\C)c1cccc(N(c2ccc(-c3ccccc3)cc2)c2ccc(-c3ccccc3)cc2-c2ccccc2)c1. The third-order valence-corrected chi connectivity index (χ3v) is 7.63. The van der Waals surface area contributed by atoms with Gasteiger partial charge in [-0.15, -0.1) is 0 Å². The van der Waals surface area contributed by atoms with Crippen molar-refractivity contribution >= 4 is 22.6 Å². The molecule has 1 nitrogen and oxygen atoms in total. The Morgan fingerprint density at radius 1 is 0.500 bits per heavy atom. The quantitative estimate of drug-likeness (QED) is 0.174. The summed E-state index contributed by atoms with van der Waals surface area (Å²) in [6.07, 6.45) is 4.03. The Labute approximate surface area is 249 Å². The maximum absolute atomic E-state index is 4.05. The van der Waals surface area contributed by atoms with Gasteiger partial charge in [0.25, 0.3) is 0 Å². The summed E-state index contributed by atoms with van der Waals surface area (Å²) in [5.74, 6) is 0. The molecule has 42 heavy (non-hydrogen) atoms. The number of anilines is 3. The van der Waals surface area contributed by atoms with Gasteiger partial charge in [0.2, 0.25) is 0 Å². The van der Waals surface area contributed by atoms with Crippen molar-refractivity contribution in [3.05, 3.63) is 182 Å². The maximum Gasteiger partial charge on any atom is 0.0540 e. The van der Waals surface area contributed by atoms with Gasteiger partial charge in [0.05, 0.1) is 5.69 Å². The normalized spacial score (nSPS) is 11.2. The van der Waals surface area contributed by atoms with Gasteiger partial charge in [0.15, 0.2) is 0 Å². The molecule has 0 unspecified atom stereocenters. The van der Waals surface area contributed by atoms with Crippen LogP contribution in [0.4, 0.5) is 17.1 Å². The Morgan fingerprint density at radius 2 is 1.05 bits per heavy atom. The summed E-state index contributed by atoms with van der Waals surface area (Å²) in [6, 6.07) is 56.2. The second kappa shape index (κ2) is 12.4. The minimum absolute atomic E-state index is 1.09. The molecule has 1 heteroatoms. The van der Waals surface area contributed by atoms with E-state index in [-0.39, 0.29) is 0 Å². The summed E-state index contributed by atoms with van der Waals surface area (Å²) in [5.41, 5.74) is 12.7. The number of rotatable bonds is 8. The molecule has 0 amide bonds. The minimum Gasteiger partial charge on any atom is -0.310 e. The summed E-state index contributed by atoms with van der Waals surface area (Å²) in [4.78, 5) is 2.37. The van der Waals surface area contributed by atoms with Crippen LogP contribution in [0.25, 0.3) is 39.0 Å². The van der Waals surface area contributed by atoms with Crippen molar-refractivity contribution in [3.8, 4) is 33.4 Å². The Morgan fingerprint density at radius 3 is 1.64 bits per heavy atom. The molecule has 0 fully saturated rings. The van der Waals surface area contributed by atoms with E-state index >= 15 is 0 Å². The number of benzene rings is 6. The third kappa shape index (κ3) is 5.59. The zero-order chi connectivity index (χ0) is 28.7. The number of hydrogen-bond donors (Lipinski definition) is 0. The van der Waals surface area contributed by atoms with E-state index in [1.165, 1.54) is 33.4 Å². The van der Waals surface area contributed by atoms with Crippen LogP contribution in [0.2, 0.25) is 0 Å². The number of allylic oxidation sites excluding steroid dienone is 3. The monoisotopic (exact) mass is 539 g/mol. The molecule has 0 saturated heterocycles. The third-order valence-electron chi connectivity index (χ3n) is 7.63. The molecule has 202 valence electrons. The largest absolute Gasteiger partial charge is 0.310 e. The lowest BCUT2D eigenvalue weighted by Gasteiger charge is -2.29. The first kappa shape index (κ1) is 26.8. The highest BCUT2D eigenvalue weighted by Gasteiger charge is 2.19. The minimum atomic E-state index is 1.09. The zero-order valence-electron chi connectivity index (χ0n) is 23.8. The van der Waals surface area contributed by atoms with Crippen LogP contribution in [0.15, 0.2) is 176 Å². The molecule has 0 saturated carbocycles. The zero-order valence-corrected chi connectivity index (χ0v) is 23.8. The van der Waals surface area contributed by atoms with E-state index in [4.69, 9.17) is 0 Å². The van der Waals surface area contributed by atoms with E-state index in [1.807, 2.05) is 6.08 Å². The van der Waals surface area contributed by atoms with E-state index < -0.39 is 0 Å². The Bertz CT molecular complexity index is 1820. The van der Waals surface area contributed by atoms with Crippen LogP contribution >= 0.6 is 0 Å². The molecule has 6 aromatic rings. The van der Waals surface area contributed by atoms with Crippen LogP contribution < -0.4 is 4.90 Å². The predicted molar refractivity (Wildman–Crippen MR) is 181 cm³/mol. The van der Waals surface area contributed by atoms with E-state index in [2.05, 4.69) is 182 Å². The molecule has 0 bridgehead atoms. The van der Waals surface area contributed by atoms with Crippen LogP contribution in [0.1, 0.15) is 12.5 Å². The summed E-state index contributed by atoms with van der Waals surface area (Å²) >= 11 is 0. The molecule has 0 spiro atoms. The van der Waals surface area contributed by atoms with E-state index in [1.54, 1.807) is 0 Å². The molecule has 0 aliphatic rings. The fourth-order valence-electron chi connectivity index (χ4n) is 5.48. The lowest BCUT2D eigenvalue weighted by molar-refractivity contribution is 1.28. The highest BCUT2D eigenvalue weighted by Crippen LogP contribution is 2.43. The van der Waals surface area contributed by atoms with Gasteiger partial charge in [-0.3, -0.25) is 0 Å². The molecule has 0 radical (unpaired) electrons. The molecular formula is C41H33N. The molecule has 0 heterocycles. The van der Waals surface area contributed by atoms with Crippen molar-refractivity contribution < 1.29 is 0 Å².